The number of Topliss-reactive ketones (excluding diaryl/α,β-unsaturated/α-hetero) is 1. The normalized spacial score (nSPS) is 11.7. The number of ketones is 1. The van der Waals surface area contributed by atoms with Gasteiger partial charge in [-0.05, 0) is 13.0 Å². The Morgan fingerprint density at radius 2 is 2.13 bits per heavy atom. The lowest BCUT2D eigenvalue weighted by Crippen LogP contribution is -2.08. The van der Waals surface area contributed by atoms with E-state index >= 15 is 0 Å². The number of aliphatic carboxylic acids is 1. The van der Waals surface area contributed by atoms with Crippen molar-refractivity contribution >= 4 is 23.5 Å². The molecule has 0 atom stereocenters. The summed E-state index contributed by atoms with van der Waals surface area (Å²) in [5, 5.41) is 8.38. The summed E-state index contributed by atoms with van der Waals surface area (Å²) >= 11 is 1.33. The number of hydrogen-bond acceptors (Lipinski definition) is 3. The van der Waals surface area contributed by atoms with E-state index < -0.39 is 12.4 Å². The maximum absolute atomic E-state index is 11.1. The van der Waals surface area contributed by atoms with Crippen LogP contribution in [0.15, 0.2) is 35.8 Å². The van der Waals surface area contributed by atoms with Crippen LogP contribution in [0.3, 0.4) is 0 Å². The molecule has 0 aliphatic heterocycles. The minimum absolute atomic E-state index is 0.188. The molecule has 0 aromatic rings. The van der Waals surface area contributed by atoms with Crippen molar-refractivity contribution < 1.29 is 14.7 Å². The number of carboxylic acid groups (broad SMARTS) is 1. The van der Waals surface area contributed by atoms with Gasteiger partial charge in [0, 0.05) is 4.91 Å². The second kappa shape index (κ2) is 8.05. The van der Waals surface area contributed by atoms with Crippen molar-refractivity contribution in [1.29, 1.82) is 0 Å². The summed E-state index contributed by atoms with van der Waals surface area (Å²) in [5.74, 6) is -1.17. The van der Waals surface area contributed by atoms with Crippen LogP contribution in [0.5, 0.6) is 0 Å². The Kier molecular flexibility index (Phi) is 7.36. The molecule has 4 heteroatoms. The number of carboxylic acids is 1. The van der Waals surface area contributed by atoms with Crippen LogP contribution in [0.4, 0.5) is 0 Å². The molecular weight excluding hydrogens is 212 g/mol. The number of carbonyl (C=O) groups is 2. The van der Waals surface area contributed by atoms with Crippen LogP contribution in [0.25, 0.3) is 0 Å². The fourth-order valence-corrected chi connectivity index (χ4v) is 1.55. The van der Waals surface area contributed by atoms with Gasteiger partial charge in [0.15, 0.2) is 5.78 Å². The Balaban J connectivity index is 4.02. The van der Waals surface area contributed by atoms with Crippen molar-refractivity contribution in [2.24, 2.45) is 0 Å². The molecule has 0 aromatic carbocycles. The van der Waals surface area contributed by atoms with Crippen molar-refractivity contribution in [3.05, 3.63) is 35.8 Å². The molecule has 0 saturated carbocycles. The lowest BCUT2D eigenvalue weighted by molar-refractivity contribution is -0.139. The quantitative estimate of drug-likeness (QED) is 0.535. The predicted octanol–water partition coefficient (Wildman–Crippen LogP) is 2.41. The van der Waals surface area contributed by atoms with Gasteiger partial charge in [0.2, 0.25) is 0 Å². The molecule has 3 nitrogen and oxygen atoms in total. The van der Waals surface area contributed by atoms with Gasteiger partial charge in [-0.2, -0.15) is 0 Å². The van der Waals surface area contributed by atoms with Crippen molar-refractivity contribution in [3.63, 3.8) is 0 Å². The molecule has 0 radical (unpaired) electrons. The molecule has 0 saturated heterocycles. The van der Waals surface area contributed by atoms with Crippen molar-refractivity contribution in [2.75, 3.05) is 5.75 Å². The Bertz CT molecular complexity index is 303. The van der Waals surface area contributed by atoms with E-state index in [0.29, 0.717) is 0 Å². The van der Waals surface area contributed by atoms with Gasteiger partial charge in [-0.3, -0.25) is 9.59 Å². The summed E-state index contributed by atoms with van der Waals surface area (Å²) in [5.41, 5.74) is 0. The van der Waals surface area contributed by atoms with Gasteiger partial charge < -0.3 is 5.11 Å². The number of rotatable bonds is 7. The van der Waals surface area contributed by atoms with Gasteiger partial charge in [0.25, 0.3) is 0 Å². The second-order valence-corrected chi connectivity index (χ2v) is 3.73. The monoisotopic (exact) mass is 226 g/mol. The molecule has 0 aliphatic rings. The van der Waals surface area contributed by atoms with Crippen LogP contribution in [0.1, 0.15) is 13.3 Å². The second-order valence-electron chi connectivity index (χ2n) is 2.68. The Morgan fingerprint density at radius 1 is 1.47 bits per heavy atom. The average molecular weight is 226 g/mol. The third kappa shape index (κ3) is 7.76. The lowest BCUT2D eigenvalue weighted by atomic mass is 10.3. The van der Waals surface area contributed by atoms with E-state index in [4.69, 9.17) is 5.11 Å². The molecule has 0 amide bonds. The van der Waals surface area contributed by atoms with E-state index in [0.717, 1.165) is 4.91 Å². The van der Waals surface area contributed by atoms with E-state index in [1.807, 2.05) is 19.1 Å². The number of hydrogen-bond donors (Lipinski definition) is 1. The maximum Gasteiger partial charge on any atom is 0.310 e. The highest BCUT2D eigenvalue weighted by Gasteiger charge is 2.07. The Morgan fingerprint density at radius 3 is 2.60 bits per heavy atom. The smallest absolute Gasteiger partial charge is 0.310 e. The van der Waals surface area contributed by atoms with Gasteiger partial charge in [0.05, 0.1) is 5.75 Å². The molecule has 0 fully saturated rings. The zero-order valence-electron chi connectivity index (χ0n) is 8.60. The van der Waals surface area contributed by atoms with Gasteiger partial charge in [-0.1, -0.05) is 24.8 Å². The van der Waals surface area contributed by atoms with Crippen molar-refractivity contribution in [1.82, 2.24) is 0 Å². The summed E-state index contributed by atoms with van der Waals surface area (Å²) < 4.78 is 0. The molecule has 0 bridgehead atoms. The predicted molar refractivity (Wildman–Crippen MR) is 62.8 cm³/mol. The first-order valence-corrected chi connectivity index (χ1v) is 5.40. The van der Waals surface area contributed by atoms with E-state index in [9.17, 15) is 9.59 Å². The molecule has 1 N–H and O–H groups in total. The van der Waals surface area contributed by atoms with Crippen molar-refractivity contribution in [2.45, 2.75) is 13.3 Å². The van der Waals surface area contributed by atoms with Gasteiger partial charge in [0.1, 0.15) is 6.42 Å². The van der Waals surface area contributed by atoms with E-state index in [2.05, 4.69) is 6.58 Å². The average Bonchev–Trinajstić information content (AvgIpc) is 2.17. The largest absolute Gasteiger partial charge is 0.481 e. The Labute approximate surface area is 93.6 Å². The fraction of sp³-hybridized carbons (Fsp3) is 0.273. The number of allylic oxidation sites excluding steroid dienone is 4. The number of carbonyl (C=O) groups excluding carboxylic acids is 1. The van der Waals surface area contributed by atoms with Crippen LogP contribution >= 0.6 is 11.8 Å². The van der Waals surface area contributed by atoms with Gasteiger partial charge in [-0.25, -0.2) is 0 Å². The minimum atomic E-state index is -1.08. The molecular formula is C11H14O3S. The van der Waals surface area contributed by atoms with E-state index in [1.165, 1.54) is 11.8 Å². The molecule has 0 rings (SSSR count). The maximum atomic E-state index is 11.1. The lowest BCUT2D eigenvalue weighted by Gasteiger charge is -1.99. The summed E-state index contributed by atoms with van der Waals surface area (Å²) in [7, 11) is 0. The topological polar surface area (TPSA) is 54.4 Å². The van der Waals surface area contributed by atoms with Crippen LogP contribution in [-0.4, -0.2) is 22.6 Å². The highest BCUT2D eigenvalue weighted by molar-refractivity contribution is 8.03. The third-order valence-corrected chi connectivity index (χ3v) is 2.60. The molecule has 0 aliphatic carbocycles. The van der Waals surface area contributed by atoms with E-state index in [-0.39, 0.29) is 11.5 Å². The highest BCUT2D eigenvalue weighted by Crippen LogP contribution is 2.17. The van der Waals surface area contributed by atoms with Crippen LogP contribution < -0.4 is 0 Å². The SMILES string of the molecule is C=C/C=C\C(=C/C)SCC(=O)CC(=O)O. The van der Waals surface area contributed by atoms with Gasteiger partial charge in [-0.15, -0.1) is 11.8 Å². The number of thioether (sulfide) groups is 1. The van der Waals surface area contributed by atoms with Crippen LogP contribution in [-0.2, 0) is 9.59 Å². The van der Waals surface area contributed by atoms with Crippen LogP contribution in [0.2, 0.25) is 0 Å². The first kappa shape index (κ1) is 13.7. The molecule has 0 unspecified atom stereocenters. The molecule has 15 heavy (non-hydrogen) atoms. The zero-order valence-corrected chi connectivity index (χ0v) is 9.42. The minimum Gasteiger partial charge on any atom is -0.481 e. The zero-order chi connectivity index (χ0) is 11.7. The standard InChI is InChI=1S/C11H14O3S/c1-3-5-6-10(4-2)15-8-9(12)7-11(13)14/h3-6H,1,7-8H2,2H3,(H,13,14)/b6-5-,10-4+. The first-order chi connectivity index (χ1) is 7.10. The molecule has 0 spiro atoms. The molecule has 0 heterocycles. The summed E-state index contributed by atoms with van der Waals surface area (Å²) in [4.78, 5) is 22.2. The van der Waals surface area contributed by atoms with Gasteiger partial charge >= 0.3 is 5.97 Å². The fourth-order valence-electron chi connectivity index (χ4n) is 0.774. The highest BCUT2D eigenvalue weighted by atomic mass is 32.2. The van der Waals surface area contributed by atoms with Crippen LogP contribution in [0, 0.1) is 0 Å². The van der Waals surface area contributed by atoms with Crippen molar-refractivity contribution in [3.8, 4) is 0 Å². The van der Waals surface area contributed by atoms with E-state index in [1.54, 1.807) is 12.2 Å². The first-order valence-electron chi connectivity index (χ1n) is 4.41. The molecule has 0 aromatic heterocycles. The Hall–Kier alpha value is -1.29. The summed E-state index contributed by atoms with van der Waals surface area (Å²) in [6, 6.07) is 0. The third-order valence-electron chi connectivity index (χ3n) is 1.43. The molecule has 82 valence electrons. The summed E-state index contributed by atoms with van der Waals surface area (Å²) in [6.07, 6.45) is 6.69. The summed E-state index contributed by atoms with van der Waals surface area (Å²) in [6.45, 7) is 5.39.